The van der Waals surface area contributed by atoms with E-state index < -0.39 is 11.7 Å². The molecule has 0 fully saturated rings. The Hall–Kier alpha value is -3.10. The van der Waals surface area contributed by atoms with Crippen LogP contribution >= 0.6 is 0 Å². The minimum Gasteiger partial charge on any atom is -0.497 e. The van der Waals surface area contributed by atoms with Crippen LogP contribution in [-0.4, -0.2) is 34.4 Å². The summed E-state index contributed by atoms with van der Waals surface area (Å²) in [5.74, 6) is 1.36. The van der Waals surface area contributed by atoms with E-state index in [2.05, 4.69) is 15.4 Å². The first-order valence-corrected chi connectivity index (χ1v) is 7.57. The molecule has 3 rings (SSSR count). The van der Waals surface area contributed by atoms with Gasteiger partial charge in [0.1, 0.15) is 11.5 Å². The summed E-state index contributed by atoms with van der Waals surface area (Å²) in [6, 6.07) is 10.1. The van der Waals surface area contributed by atoms with Gasteiger partial charge in [-0.25, -0.2) is 0 Å². The zero-order valence-corrected chi connectivity index (χ0v) is 14.0. The third-order valence-electron chi connectivity index (χ3n) is 3.70. The molecule has 0 aliphatic rings. The molecule has 0 radical (unpaired) electrons. The van der Waals surface area contributed by atoms with Crippen LogP contribution in [0.25, 0.3) is 11.4 Å². The average Bonchev–Trinajstić information content (AvgIpc) is 3.09. The lowest BCUT2D eigenvalue weighted by Gasteiger charge is -2.09. The molecule has 0 amide bonds. The number of hydrogen-bond donors (Lipinski definition) is 0. The molecule has 2 aromatic carbocycles. The van der Waals surface area contributed by atoms with Gasteiger partial charge in [0.05, 0.1) is 26.3 Å². The number of tetrazole rings is 1. The van der Waals surface area contributed by atoms with Crippen molar-refractivity contribution in [3.63, 3.8) is 0 Å². The van der Waals surface area contributed by atoms with Crippen LogP contribution in [-0.2, 0) is 12.7 Å². The summed E-state index contributed by atoms with van der Waals surface area (Å²) < 4.78 is 49.0. The maximum absolute atomic E-state index is 12.8. The zero-order chi connectivity index (χ0) is 18.7. The number of methoxy groups -OCH3 is 2. The number of ether oxygens (including phenoxy) is 2. The SMILES string of the molecule is COc1ccc(OC)c(Cn2nnc(-c3cccc(C(F)(F)F)c3)n2)c1. The molecule has 0 aliphatic carbocycles. The first kappa shape index (κ1) is 17.7. The van der Waals surface area contributed by atoms with Crippen molar-refractivity contribution in [2.75, 3.05) is 14.2 Å². The summed E-state index contributed by atoms with van der Waals surface area (Å²) in [7, 11) is 3.08. The van der Waals surface area contributed by atoms with Crippen LogP contribution in [0.15, 0.2) is 42.5 Å². The Morgan fingerprint density at radius 1 is 1.04 bits per heavy atom. The number of nitrogens with zero attached hydrogens (tertiary/aromatic N) is 4. The van der Waals surface area contributed by atoms with E-state index in [-0.39, 0.29) is 17.9 Å². The molecular weight excluding hydrogens is 349 g/mol. The first-order chi connectivity index (χ1) is 12.4. The van der Waals surface area contributed by atoms with E-state index in [0.717, 1.165) is 17.7 Å². The molecule has 6 nitrogen and oxygen atoms in total. The van der Waals surface area contributed by atoms with Crippen LogP contribution < -0.4 is 9.47 Å². The van der Waals surface area contributed by atoms with Crippen LogP contribution in [0.4, 0.5) is 13.2 Å². The number of hydrogen-bond acceptors (Lipinski definition) is 5. The summed E-state index contributed by atoms with van der Waals surface area (Å²) in [5.41, 5.74) is 0.226. The average molecular weight is 364 g/mol. The Balaban J connectivity index is 1.87. The Kier molecular flexibility index (Phi) is 4.79. The topological polar surface area (TPSA) is 62.1 Å². The molecular formula is C17H15F3N4O2. The molecule has 0 saturated carbocycles. The molecule has 0 atom stereocenters. The van der Waals surface area contributed by atoms with Gasteiger partial charge >= 0.3 is 6.18 Å². The van der Waals surface area contributed by atoms with Crippen LogP contribution in [0.5, 0.6) is 11.5 Å². The van der Waals surface area contributed by atoms with E-state index >= 15 is 0 Å². The lowest BCUT2D eigenvalue weighted by molar-refractivity contribution is -0.137. The monoisotopic (exact) mass is 364 g/mol. The predicted octanol–water partition coefficient (Wildman–Crippen LogP) is 3.42. The van der Waals surface area contributed by atoms with E-state index in [1.165, 1.54) is 24.0 Å². The minimum absolute atomic E-state index is 0.109. The summed E-state index contributed by atoms with van der Waals surface area (Å²) in [4.78, 5) is 1.28. The molecule has 26 heavy (non-hydrogen) atoms. The highest BCUT2D eigenvalue weighted by molar-refractivity contribution is 5.55. The van der Waals surface area contributed by atoms with Gasteiger partial charge in [-0.05, 0) is 35.5 Å². The van der Waals surface area contributed by atoms with E-state index in [0.29, 0.717) is 11.5 Å². The van der Waals surface area contributed by atoms with E-state index in [4.69, 9.17) is 9.47 Å². The van der Waals surface area contributed by atoms with Crippen molar-refractivity contribution >= 4 is 0 Å². The van der Waals surface area contributed by atoms with E-state index in [1.807, 2.05) is 0 Å². The van der Waals surface area contributed by atoms with Gasteiger partial charge in [-0.2, -0.15) is 18.0 Å². The van der Waals surface area contributed by atoms with Gasteiger partial charge in [0.25, 0.3) is 0 Å². The number of benzene rings is 2. The van der Waals surface area contributed by atoms with Crippen molar-refractivity contribution in [2.24, 2.45) is 0 Å². The fraction of sp³-hybridized carbons (Fsp3) is 0.235. The Labute approximate surface area is 147 Å². The standard InChI is InChI=1S/C17H15F3N4O2/c1-25-14-6-7-15(26-2)12(9-14)10-24-22-16(21-23-24)11-4-3-5-13(8-11)17(18,19)20/h3-9H,10H2,1-2H3. The van der Waals surface area contributed by atoms with Crippen LogP contribution in [0, 0.1) is 0 Å². The van der Waals surface area contributed by atoms with Gasteiger partial charge in [0.2, 0.25) is 5.82 Å². The zero-order valence-electron chi connectivity index (χ0n) is 14.0. The van der Waals surface area contributed by atoms with Gasteiger partial charge < -0.3 is 9.47 Å². The van der Waals surface area contributed by atoms with E-state index in [1.54, 1.807) is 25.3 Å². The Morgan fingerprint density at radius 2 is 1.85 bits per heavy atom. The first-order valence-electron chi connectivity index (χ1n) is 7.57. The second kappa shape index (κ2) is 7.03. The van der Waals surface area contributed by atoms with Gasteiger partial charge in [-0.15, -0.1) is 10.2 Å². The van der Waals surface area contributed by atoms with Crippen molar-refractivity contribution < 1.29 is 22.6 Å². The van der Waals surface area contributed by atoms with Crippen LogP contribution in [0.2, 0.25) is 0 Å². The second-order valence-electron chi connectivity index (χ2n) is 5.40. The van der Waals surface area contributed by atoms with Gasteiger partial charge in [0, 0.05) is 11.1 Å². The summed E-state index contributed by atoms with van der Waals surface area (Å²) in [6.07, 6.45) is -4.43. The molecule has 0 bridgehead atoms. The maximum Gasteiger partial charge on any atom is 0.416 e. The summed E-state index contributed by atoms with van der Waals surface area (Å²) in [6.45, 7) is 0.229. The molecule has 9 heteroatoms. The van der Waals surface area contributed by atoms with Crippen molar-refractivity contribution in [3.05, 3.63) is 53.6 Å². The smallest absolute Gasteiger partial charge is 0.416 e. The fourth-order valence-electron chi connectivity index (χ4n) is 2.42. The summed E-state index contributed by atoms with van der Waals surface area (Å²) in [5, 5.41) is 11.9. The highest BCUT2D eigenvalue weighted by Crippen LogP contribution is 2.31. The highest BCUT2D eigenvalue weighted by Gasteiger charge is 2.30. The number of halogens is 3. The second-order valence-corrected chi connectivity index (χ2v) is 5.40. The minimum atomic E-state index is -4.43. The third-order valence-corrected chi connectivity index (χ3v) is 3.70. The molecule has 0 N–H and O–H groups in total. The van der Waals surface area contributed by atoms with Crippen LogP contribution in [0.1, 0.15) is 11.1 Å². The quantitative estimate of drug-likeness (QED) is 0.694. The molecule has 0 saturated heterocycles. The number of aromatic nitrogens is 4. The molecule has 1 heterocycles. The van der Waals surface area contributed by atoms with Crippen LogP contribution in [0.3, 0.4) is 0 Å². The molecule has 1 aromatic heterocycles. The molecule has 0 aliphatic heterocycles. The molecule has 0 unspecified atom stereocenters. The lowest BCUT2D eigenvalue weighted by atomic mass is 10.1. The van der Waals surface area contributed by atoms with Crippen molar-refractivity contribution in [3.8, 4) is 22.9 Å². The van der Waals surface area contributed by atoms with Crippen molar-refractivity contribution in [1.82, 2.24) is 20.2 Å². The molecule has 136 valence electrons. The fourth-order valence-corrected chi connectivity index (χ4v) is 2.42. The van der Waals surface area contributed by atoms with Crippen molar-refractivity contribution in [1.29, 1.82) is 0 Å². The third kappa shape index (κ3) is 3.76. The maximum atomic E-state index is 12.8. The largest absolute Gasteiger partial charge is 0.497 e. The lowest BCUT2D eigenvalue weighted by Crippen LogP contribution is -2.06. The number of alkyl halides is 3. The predicted molar refractivity (Wildman–Crippen MR) is 86.9 cm³/mol. The number of rotatable bonds is 5. The summed E-state index contributed by atoms with van der Waals surface area (Å²) >= 11 is 0. The van der Waals surface area contributed by atoms with Gasteiger partial charge in [0.15, 0.2) is 0 Å². The molecule has 0 spiro atoms. The molecule has 3 aromatic rings. The van der Waals surface area contributed by atoms with Gasteiger partial charge in [-0.1, -0.05) is 12.1 Å². The Bertz CT molecular complexity index is 909. The normalized spacial score (nSPS) is 11.4. The van der Waals surface area contributed by atoms with Crippen molar-refractivity contribution in [2.45, 2.75) is 12.7 Å². The van der Waals surface area contributed by atoms with E-state index in [9.17, 15) is 13.2 Å². The van der Waals surface area contributed by atoms with Gasteiger partial charge in [-0.3, -0.25) is 0 Å². The Morgan fingerprint density at radius 3 is 2.54 bits per heavy atom. The highest BCUT2D eigenvalue weighted by atomic mass is 19.4.